The van der Waals surface area contributed by atoms with E-state index in [2.05, 4.69) is 6.92 Å². The summed E-state index contributed by atoms with van der Waals surface area (Å²) in [5.41, 5.74) is 6.31. The van der Waals surface area contributed by atoms with Crippen LogP contribution in [0.1, 0.15) is 13.3 Å². The molecule has 0 aromatic heterocycles. The summed E-state index contributed by atoms with van der Waals surface area (Å²) >= 11 is 1.65. The monoisotopic (exact) mass is 245 g/mol. The van der Waals surface area contributed by atoms with E-state index in [0.29, 0.717) is 5.69 Å². The van der Waals surface area contributed by atoms with Crippen LogP contribution < -0.4 is 5.73 Å². The third-order valence-corrected chi connectivity index (χ3v) is 4.28. The molecule has 0 saturated carbocycles. The number of hydrogen-bond donors (Lipinski definition) is 1. The van der Waals surface area contributed by atoms with Gasteiger partial charge in [-0.2, -0.15) is 0 Å². The van der Waals surface area contributed by atoms with E-state index >= 15 is 0 Å². The smallest absolute Gasteiger partial charge is 0.175 e. The highest BCUT2D eigenvalue weighted by Crippen LogP contribution is 2.27. The van der Waals surface area contributed by atoms with Gasteiger partial charge in [-0.25, -0.2) is 8.42 Å². The van der Waals surface area contributed by atoms with Crippen molar-refractivity contribution in [1.29, 1.82) is 0 Å². The number of benzene rings is 1. The van der Waals surface area contributed by atoms with Crippen LogP contribution in [0.15, 0.2) is 28.0 Å². The summed E-state index contributed by atoms with van der Waals surface area (Å²) in [5, 5.41) is 0. The van der Waals surface area contributed by atoms with Gasteiger partial charge in [0.15, 0.2) is 9.84 Å². The quantitative estimate of drug-likeness (QED) is 0.652. The molecule has 0 radical (unpaired) electrons. The molecule has 0 aliphatic heterocycles. The number of nitrogen functional groups attached to an aromatic ring is 1. The Labute approximate surface area is 95.0 Å². The average Bonchev–Trinajstić information content (AvgIpc) is 2.14. The Hall–Kier alpha value is -0.680. The van der Waals surface area contributed by atoms with E-state index in [1.54, 1.807) is 23.9 Å². The second kappa shape index (κ2) is 4.90. The van der Waals surface area contributed by atoms with Crippen molar-refractivity contribution in [2.75, 3.05) is 17.7 Å². The van der Waals surface area contributed by atoms with Crippen molar-refractivity contribution in [3.05, 3.63) is 18.2 Å². The highest BCUT2D eigenvalue weighted by Gasteiger charge is 2.09. The molecule has 0 aliphatic rings. The van der Waals surface area contributed by atoms with Crippen LogP contribution in [0.4, 0.5) is 5.69 Å². The van der Waals surface area contributed by atoms with Gasteiger partial charge in [-0.05, 0) is 30.4 Å². The van der Waals surface area contributed by atoms with Crippen LogP contribution in [0.25, 0.3) is 0 Å². The third kappa shape index (κ3) is 3.43. The molecule has 84 valence electrons. The summed E-state index contributed by atoms with van der Waals surface area (Å²) in [6, 6.07) is 4.89. The molecule has 1 aromatic carbocycles. The van der Waals surface area contributed by atoms with E-state index in [1.165, 1.54) is 12.3 Å². The molecule has 0 unspecified atom stereocenters. The van der Waals surface area contributed by atoms with Crippen molar-refractivity contribution < 1.29 is 8.42 Å². The first-order chi connectivity index (χ1) is 6.95. The lowest BCUT2D eigenvalue weighted by molar-refractivity contribution is 0.602. The van der Waals surface area contributed by atoms with Gasteiger partial charge >= 0.3 is 0 Å². The van der Waals surface area contributed by atoms with Crippen LogP contribution in [0, 0.1) is 0 Å². The van der Waals surface area contributed by atoms with Gasteiger partial charge in [-0.15, -0.1) is 11.8 Å². The minimum Gasteiger partial charge on any atom is -0.398 e. The SMILES string of the molecule is CCCSc1ccc(S(C)(=O)=O)cc1N. The molecule has 2 N–H and O–H groups in total. The highest BCUT2D eigenvalue weighted by atomic mass is 32.2. The van der Waals surface area contributed by atoms with E-state index in [9.17, 15) is 8.42 Å². The van der Waals surface area contributed by atoms with E-state index < -0.39 is 9.84 Å². The van der Waals surface area contributed by atoms with Crippen molar-refractivity contribution in [1.82, 2.24) is 0 Å². The van der Waals surface area contributed by atoms with E-state index in [0.717, 1.165) is 17.1 Å². The van der Waals surface area contributed by atoms with Gasteiger partial charge in [0.1, 0.15) is 0 Å². The van der Waals surface area contributed by atoms with Crippen LogP contribution in [0.2, 0.25) is 0 Å². The van der Waals surface area contributed by atoms with E-state index in [4.69, 9.17) is 5.73 Å². The summed E-state index contributed by atoms with van der Waals surface area (Å²) < 4.78 is 22.5. The van der Waals surface area contributed by atoms with Crippen LogP contribution in [-0.2, 0) is 9.84 Å². The molecule has 0 spiro atoms. The fraction of sp³-hybridized carbons (Fsp3) is 0.400. The Morgan fingerprint density at radius 3 is 2.53 bits per heavy atom. The fourth-order valence-corrected chi connectivity index (χ4v) is 2.57. The Bertz CT molecular complexity index is 441. The molecule has 0 amide bonds. The second-order valence-electron chi connectivity index (χ2n) is 3.32. The second-order valence-corrected chi connectivity index (χ2v) is 6.47. The number of thioether (sulfide) groups is 1. The number of sulfone groups is 1. The highest BCUT2D eigenvalue weighted by molar-refractivity contribution is 7.99. The predicted molar refractivity (Wildman–Crippen MR) is 65.0 cm³/mol. The molecule has 5 heteroatoms. The van der Waals surface area contributed by atoms with Gasteiger partial charge in [0, 0.05) is 16.8 Å². The minimum absolute atomic E-state index is 0.279. The van der Waals surface area contributed by atoms with Gasteiger partial charge < -0.3 is 5.73 Å². The summed E-state index contributed by atoms with van der Waals surface area (Å²) in [6.07, 6.45) is 2.25. The molecular weight excluding hydrogens is 230 g/mol. The Morgan fingerprint density at radius 2 is 2.07 bits per heavy atom. The summed E-state index contributed by atoms with van der Waals surface area (Å²) in [7, 11) is -3.15. The standard InChI is InChI=1S/C10H15NO2S2/c1-3-6-14-10-5-4-8(7-9(10)11)15(2,12)13/h4-5,7H,3,6,11H2,1-2H3. The lowest BCUT2D eigenvalue weighted by atomic mass is 10.3. The van der Waals surface area contributed by atoms with Crippen LogP contribution in [0.5, 0.6) is 0 Å². The van der Waals surface area contributed by atoms with Crippen molar-refractivity contribution >= 4 is 27.3 Å². The van der Waals surface area contributed by atoms with Crippen molar-refractivity contribution in [2.45, 2.75) is 23.1 Å². The van der Waals surface area contributed by atoms with Crippen LogP contribution in [0.3, 0.4) is 0 Å². The molecule has 0 bridgehead atoms. The normalized spacial score (nSPS) is 11.6. The fourth-order valence-electron chi connectivity index (χ4n) is 1.10. The third-order valence-electron chi connectivity index (χ3n) is 1.87. The maximum Gasteiger partial charge on any atom is 0.175 e. The Balaban J connectivity index is 2.99. The molecule has 15 heavy (non-hydrogen) atoms. The maximum atomic E-state index is 11.2. The van der Waals surface area contributed by atoms with Crippen LogP contribution >= 0.6 is 11.8 Å². The molecule has 1 rings (SSSR count). The largest absolute Gasteiger partial charge is 0.398 e. The molecular formula is C10H15NO2S2. The molecule has 0 saturated heterocycles. The minimum atomic E-state index is -3.15. The molecule has 0 fully saturated rings. The molecule has 3 nitrogen and oxygen atoms in total. The number of nitrogens with two attached hydrogens (primary N) is 1. The molecule has 0 atom stereocenters. The van der Waals surface area contributed by atoms with Crippen molar-refractivity contribution in [2.24, 2.45) is 0 Å². The predicted octanol–water partition coefficient (Wildman–Crippen LogP) is 2.17. The van der Waals surface area contributed by atoms with Crippen LogP contribution in [-0.4, -0.2) is 20.4 Å². The number of hydrogen-bond acceptors (Lipinski definition) is 4. The van der Waals surface area contributed by atoms with Crippen molar-refractivity contribution in [3.8, 4) is 0 Å². The zero-order chi connectivity index (χ0) is 11.5. The summed E-state index contributed by atoms with van der Waals surface area (Å²) in [4.78, 5) is 1.23. The molecule has 0 aliphatic carbocycles. The lowest BCUT2D eigenvalue weighted by Gasteiger charge is -2.06. The molecule has 1 aromatic rings. The zero-order valence-electron chi connectivity index (χ0n) is 8.86. The zero-order valence-corrected chi connectivity index (χ0v) is 10.5. The number of anilines is 1. The summed E-state index contributed by atoms with van der Waals surface area (Å²) in [5.74, 6) is 0.989. The van der Waals surface area contributed by atoms with E-state index in [-0.39, 0.29) is 4.90 Å². The first kappa shape index (κ1) is 12.4. The first-order valence-corrected chi connectivity index (χ1v) is 7.55. The Morgan fingerprint density at radius 1 is 1.40 bits per heavy atom. The van der Waals surface area contributed by atoms with Gasteiger partial charge in [-0.3, -0.25) is 0 Å². The van der Waals surface area contributed by atoms with Gasteiger partial charge in [-0.1, -0.05) is 6.92 Å². The van der Waals surface area contributed by atoms with Gasteiger partial charge in [0.2, 0.25) is 0 Å². The van der Waals surface area contributed by atoms with E-state index in [1.807, 2.05) is 0 Å². The molecule has 0 heterocycles. The summed E-state index contributed by atoms with van der Waals surface area (Å²) in [6.45, 7) is 2.09. The van der Waals surface area contributed by atoms with Gasteiger partial charge in [0.25, 0.3) is 0 Å². The van der Waals surface area contributed by atoms with Crippen molar-refractivity contribution in [3.63, 3.8) is 0 Å². The average molecular weight is 245 g/mol. The Kier molecular flexibility index (Phi) is 4.04. The number of rotatable bonds is 4. The lowest BCUT2D eigenvalue weighted by Crippen LogP contribution is -1.99. The maximum absolute atomic E-state index is 11.2. The first-order valence-electron chi connectivity index (χ1n) is 4.67. The topological polar surface area (TPSA) is 60.2 Å². The van der Waals surface area contributed by atoms with Gasteiger partial charge in [0.05, 0.1) is 4.90 Å².